The van der Waals surface area contributed by atoms with Crippen LogP contribution in [0.3, 0.4) is 0 Å². The molecule has 0 bridgehead atoms. The number of urea groups is 3. The Morgan fingerprint density at radius 1 is 0.854 bits per heavy atom. The fourth-order valence-corrected chi connectivity index (χ4v) is 3.84. The van der Waals surface area contributed by atoms with Crippen LogP contribution < -0.4 is 22.9 Å². The average molecular weight is 614 g/mol. The minimum atomic E-state index is -1.01. The number of nitrogens with two attached hydrogens (primary N) is 4. The summed E-state index contributed by atoms with van der Waals surface area (Å²) < 4.78 is 10.9. The summed E-state index contributed by atoms with van der Waals surface area (Å²) in [5.74, 6) is 0.632. The summed E-state index contributed by atoms with van der Waals surface area (Å²) in [6.07, 6.45) is 0. The average Bonchev–Trinajstić information content (AvgIpc) is 3.51. The lowest BCUT2D eigenvalue weighted by atomic mass is 10.2. The van der Waals surface area contributed by atoms with E-state index in [1.807, 2.05) is 0 Å². The van der Waals surface area contributed by atoms with Gasteiger partial charge in [-0.3, -0.25) is 20.5 Å². The van der Waals surface area contributed by atoms with Crippen LogP contribution >= 0.6 is 23.2 Å². The van der Waals surface area contributed by atoms with Crippen LogP contribution in [0.4, 0.5) is 20.1 Å². The smallest absolute Gasteiger partial charge is 0.339 e. The summed E-state index contributed by atoms with van der Waals surface area (Å²) in [5.41, 5.74) is 19.2. The van der Waals surface area contributed by atoms with Crippen molar-refractivity contribution in [3.8, 4) is 0 Å². The van der Waals surface area contributed by atoms with E-state index in [-0.39, 0.29) is 11.4 Å². The molecule has 0 aliphatic carbocycles. The number of amides is 6. The van der Waals surface area contributed by atoms with Gasteiger partial charge in [-0.15, -0.1) is 0 Å². The molecule has 2 heterocycles. The molecule has 0 saturated carbocycles. The second-order valence-corrected chi connectivity index (χ2v) is 9.05. The minimum Gasteiger partial charge on any atom is -0.459 e. The van der Waals surface area contributed by atoms with E-state index in [4.69, 9.17) is 48.3 Å². The van der Waals surface area contributed by atoms with Gasteiger partial charge in [0.05, 0.1) is 9.95 Å². The summed E-state index contributed by atoms with van der Waals surface area (Å²) in [6, 6.07) is 6.17. The van der Waals surface area contributed by atoms with Gasteiger partial charge in [-0.25, -0.2) is 14.4 Å². The number of furan rings is 2. The van der Waals surface area contributed by atoms with Crippen LogP contribution in [-0.2, 0) is 0 Å². The lowest BCUT2D eigenvalue weighted by Crippen LogP contribution is -2.34. The number of rotatable bonds is 5. The summed E-state index contributed by atoms with van der Waals surface area (Å²) >= 11 is 11.8. The summed E-state index contributed by atoms with van der Waals surface area (Å²) in [7, 11) is 0. The first-order valence-electron chi connectivity index (χ1n) is 11.2. The Balaban J connectivity index is 0.000000254. The van der Waals surface area contributed by atoms with Gasteiger partial charge in [0.2, 0.25) is 0 Å². The summed E-state index contributed by atoms with van der Waals surface area (Å²) in [5, 5.41) is 32.2. The highest BCUT2D eigenvalue weighted by Gasteiger charge is 2.23. The molecule has 18 heteroatoms. The number of nitro benzene ring substituents is 1. The molecule has 41 heavy (non-hydrogen) atoms. The maximum Gasteiger partial charge on any atom is 0.339 e. The lowest BCUT2D eigenvalue weighted by Gasteiger charge is -2.17. The third kappa shape index (κ3) is 8.36. The number of halogens is 2. The molecule has 4 rings (SSSR count). The Hall–Kier alpha value is -4.77. The number of non-ortho nitro benzene ring substituents is 1. The zero-order chi connectivity index (χ0) is 31.2. The maximum absolute atomic E-state index is 10.9. The fourth-order valence-electron chi connectivity index (χ4n) is 3.30. The molecule has 0 aliphatic rings. The zero-order valence-corrected chi connectivity index (χ0v) is 22.9. The SMILES string of the molecule is CC(c1cc2cc(Cl)cc(Cl)c2o1)N(O)C(N)=O.CC(c1cc2cc([N+](=O)[O-])ccc2o1)N(O)C(N)=O.NC(N)=O. The van der Waals surface area contributed by atoms with E-state index < -0.39 is 35.1 Å². The minimum absolute atomic E-state index is 0.0664. The number of carbonyl (C=O) groups is 3. The van der Waals surface area contributed by atoms with Gasteiger partial charge in [-0.05, 0) is 44.2 Å². The van der Waals surface area contributed by atoms with E-state index in [1.165, 1.54) is 31.2 Å². The van der Waals surface area contributed by atoms with Crippen molar-refractivity contribution in [2.24, 2.45) is 22.9 Å². The third-order valence-corrected chi connectivity index (χ3v) is 5.79. The van der Waals surface area contributed by atoms with Crippen LogP contribution in [0.2, 0.25) is 10.0 Å². The van der Waals surface area contributed by atoms with Crippen molar-refractivity contribution in [1.82, 2.24) is 10.1 Å². The van der Waals surface area contributed by atoms with Crippen molar-refractivity contribution < 1.29 is 38.6 Å². The van der Waals surface area contributed by atoms with Crippen LogP contribution in [0.15, 0.2) is 51.3 Å². The molecule has 0 aliphatic heterocycles. The van der Waals surface area contributed by atoms with Crippen molar-refractivity contribution in [1.29, 1.82) is 0 Å². The van der Waals surface area contributed by atoms with Gasteiger partial charge in [-0.1, -0.05) is 23.2 Å². The highest BCUT2D eigenvalue weighted by atomic mass is 35.5. The standard InChI is InChI=1S/C11H10Cl2N2O3.C11H11N3O5.CH4N2O/c1-5(15(17)11(14)16)9-3-6-2-7(12)4-8(13)10(6)18-9;1-6(13(16)11(12)15)10-5-7-4-8(14(17)18)2-3-9(7)19-10;2-1(3)4/h2-5,17H,1H3,(H2,14,16);2-6,16H,1H3,(H2,12,15);(H4,2,3,4). The molecular weight excluding hydrogens is 589 g/mol. The molecule has 0 radical (unpaired) electrons. The van der Waals surface area contributed by atoms with Gasteiger partial charge in [0, 0.05) is 27.9 Å². The lowest BCUT2D eigenvalue weighted by molar-refractivity contribution is -0.384. The summed E-state index contributed by atoms with van der Waals surface area (Å²) in [4.78, 5) is 40.8. The monoisotopic (exact) mass is 613 g/mol. The van der Waals surface area contributed by atoms with Crippen molar-refractivity contribution >= 4 is 68.9 Å². The number of hydrogen-bond donors (Lipinski definition) is 6. The number of hydrogen-bond acceptors (Lipinski definition) is 9. The molecule has 10 N–H and O–H groups in total. The Labute approximate surface area is 240 Å². The van der Waals surface area contributed by atoms with Crippen LogP contribution in [0, 0.1) is 10.1 Å². The highest BCUT2D eigenvalue weighted by Crippen LogP contribution is 2.33. The number of carbonyl (C=O) groups excluding carboxylic acids is 3. The predicted octanol–water partition coefficient (Wildman–Crippen LogP) is 4.77. The first-order chi connectivity index (χ1) is 19.0. The molecule has 2 aromatic carbocycles. The topological polar surface area (TPSA) is 272 Å². The Morgan fingerprint density at radius 3 is 1.83 bits per heavy atom. The van der Waals surface area contributed by atoms with Crippen LogP contribution in [0.5, 0.6) is 0 Å². The molecule has 0 saturated heterocycles. The van der Waals surface area contributed by atoms with Gasteiger partial charge in [-0.2, -0.15) is 10.1 Å². The van der Waals surface area contributed by atoms with Gasteiger partial charge in [0.25, 0.3) is 5.69 Å². The number of nitro groups is 1. The molecule has 16 nitrogen and oxygen atoms in total. The van der Waals surface area contributed by atoms with Crippen molar-refractivity contribution in [3.63, 3.8) is 0 Å². The Morgan fingerprint density at radius 2 is 1.34 bits per heavy atom. The second-order valence-electron chi connectivity index (χ2n) is 8.20. The van der Waals surface area contributed by atoms with Crippen molar-refractivity contribution in [3.05, 3.63) is 74.1 Å². The molecule has 6 amide bonds. The fraction of sp³-hybridized carbons (Fsp3) is 0.174. The molecule has 2 atom stereocenters. The quantitative estimate of drug-likeness (QED) is 0.102. The summed E-state index contributed by atoms with van der Waals surface area (Å²) in [6.45, 7) is 3.08. The van der Waals surface area contributed by atoms with E-state index in [2.05, 4.69) is 11.5 Å². The molecule has 0 spiro atoms. The van der Waals surface area contributed by atoms with E-state index in [0.29, 0.717) is 47.9 Å². The first-order valence-corrected chi connectivity index (χ1v) is 11.9. The zero-order valence-electron chi connectivity index (χ0n) is 21.4. The molecule has 2 aromatic heterocycles. The molecule has 2 unspecified atom stereocenters. The Bertz CT molecular complexity index is 1590. The molecule has 220 valence electrons. The second kappa shape index (κ2) is 13.5. The number of fused-ring (bicyclic) bond motifs is 2. The first kappa shape index (κ1) is 32.4. The van der Waals surface area contributed by atoms with Crippen molar-refractivity contribution in [2.45, 2.75) is 25.9 Å². The Kier molecular flexibility index (Phi) is 10.7. The van der Waals surface area contributed by atoms with E-state index in [0.717, 1.165) is 0 Å². The van der Waals surface area contributed by atoms with E-state index >= 15 is 0 Å². The largest absolute Gasteiger partial charge is 0.459 e. The van der Waals surface area contributed by atoms with Gasteiger partial charge in [0.15, 0.2) is 5.58 Å². The van der Waals surface area contributed by atoms with Crippen LogP contribution in [0.1, 0.15) is 37.5 Å². The van der Waals surface area contributed by atoms with Gasteiger partial charge in [0.1, 0.15) is 29.2 Å². The van der Waals surface area contributed by atoms with Crippen LogP contribution in [-0.4, -0.2) is 43.6 Å². The number of primary amides is 4. The van der Waals surface area contributed by atoms with E-state index in [1.54, 1.807) is 25.1 Å². The molecule has 4 aromatic rings. The van der Waals surface area contributed by atoms with Crippen LogP contribution in [0.25, 0.3) is 21.9 Å². The number of nitrogens with zero attached hydrogens (tertiary/aromatic N) is 3. The third-order valence-electron chi connectivity index (χ3n) is 5.29. The predicted molar refractivity (Wildman–Crippen MR) is 146 cm³/mol. The molecular formula is C23H25Cl2N7O9. The molecule has 0 fully saturated rings. The number of hydroxylamine groups is 4. The van der Waals surface area contributed by atoms with Crippen molar-refractivity contribution in [2.75, 3.05) is 0 Å². The van der Waals surface area contributed by atoms with Gasteiger partial charge >= 0.3 is 18.1 Å². The highest BCUT2D eigenvalue weighted by molar-refractivity contribution is 6.38. The van der Waals surface area contributed by atoms with Gasteiger partial charge < -0.3 is 31.8 Å². The normalized spacial score (nSPS) is 11.9. The number of benzene rings is 2. The maximum atomic E-state index is 10.9. The van der Waals surface area contributed by atoms with E-state index in [9.17, 15) is 30.1 Å².